The minimum Gasteiger partial charge on any atom is -0.342 e. The Bertz CT molecular complexity index is 1210. The van der Waals surface area contributed by atoms with Gasteiger partial charge in [-0.05, 0) is 30.0 Å². The van der Waals surface area contributed by atoms with Gasteiger partial charge in [0.25, 0.3) is 0 Å². The van der Waals surface area contributed by atoms with Crippen LogP contribution in [0.2, 0.25) is 0 Å². The van der Waals surface area contributed by atoms with E-state index in [1.165, 1.54) is 10.8 Å². The van der Waals surface area contributed by atoms with E-state index in [2.05, 4.69) is 51.4 Å². The summed E-state index contributed by atoms with van der Waals surface area (Å²) in [5.41, 5.74) is 4.98. The molecule has 0 amide bonds. The molecule has 5 rings (SSSR count). The molecule has 1 N–H and O–H groups in total. The fourth-order valence-electron chi connectivity index (χ4n) is 3.28. The van der Waals surface area contributed by atoms with Crippen molar-refractivity contribution in [2.75, 3.05) is 0 Å². The van der Waals surface area contributed by atoms with Crippen LogP contribution in [0.1, 0.15) is 11.5 Å². The van der Waals surface area contributed by atoms with Gasteiger partial charge in [0.05, 0.1) is 27.8 Å². The highest BCUT2D eigenvalue weighted by atomic mass is 14.9. The van der Waals surface area contributed by atoms with Crippen molar-refractivity contribution < 1.29 is 0 Å². The first-order chi connectivity index (χ1) is 12.4. The summed E-state index contributed by atoms with van der Waals surface area (Å²) in [6.07, 6.45) is 3.49. The fourth-order valence-corrected chi connectivity index (χ4v) is 3.28. The molecule has 25 heavy (non-hydrogen) atoms. The molecule has 0 atom stereocenters. The topological polar surface area (TPSA) is 54.5 Å². The standard InChI is InChI=1S/C21H16N4/c1-2-6-16-14(5-1)9-11-19-21(16)25-20(24-19)12-10-15-13-22-17-7-3-4-8-18(17)23-15/h1-9,11,13H,10,12H2,(H,24,25). The summed E-state index contributed by atoms with van der Waals surface area (Å²) in [5, 5.41) is 2.40. The number of fused-ring (bicyclic) bond motifs is 4. The van der Waals surface area contributed by atoms with Gasteiger partial charge >= 0.3 is 0 Å². The molecule has 0 radical (unpaired) electrons. The molecular weight excluding hydrogens is 308 g/mol. The maximum absolute atomic E-state index is 4.81. The number of para-hydroxylation sites is 2. The lowest BCUT2D eigenvalue weighted by Crippen LogP contribution is -1.97. The van der Waals surface area contributed by atoms with Gasteiger partial charge < -0.3 is 4.98 Å². The number of imidazole rings is 1. The fraction of sp³-hybridized carbons (Fsp3) is 0.0952. The lowest BCUT2D eigenvalue weighted by atomic mass is 10.1. The van der Waals surface area contributed by atoms with E-state index in [9.17, 15) is 0 Å². The van der Waals surface area contributed by atoms with Gasteiger partial charge in [0, 0.05) is 18.0 Å². The SMILES string of the molecule is c1ccc2c(c1)ccc1[nH]c(CCc3cnc4ccccc4n3)nc12. The second-order valence-corrected chi connectivity index (χ2v) is 6.22. The van der Waals surface area contributed by atoms with Crippen molar-refractivity contribution in [3.63, 3.8) is 0 Å². The van der Waals surface area contributed by atoms with E-state index in [4.69, 9.17) is 4.98 Å². The Morgan fingerprint density at radius 1 is 0.760 bits per heavy atom. The normalized spacial score (nSPS) is 11.5. The van der Waals surface area contributed by atoms with Crippen LogP contribution >= 0.6 is 0 Å². The molecule has 0 unspecified atom stereocenters. The van der Waals surface area contributed by atoms with Gasteiger partial charge in [-0.2, -0.15) is 0 Å². The maximum Gasteiger partial charge on any atom is 0.107 e. The molecule has 0 fully saturated rings. The van der Waals surface area contributed by atoms with E-state index in [0.717, 1.165) is 46.4 Å². The number of aromatic nitrogens is 4. The number of nitrogens with zero attached hydrogens (tertiary/aromatic N) is 3. The van der Waals surface area contributed by atoms with Crippen LogP contribution in [0, 0.1) is 0 Å². The highest BCUT2D eigenvalue weighted by Crippen LogP contribution is 2.23. The van der Waals surface area contributed by atoms with Crippen LogP contribution in [0.4, 0.5) is 0 Å². The molecule has 4 nitrogen and oxygen atoms in total. The van der Waals surface area contributed by atoms with Crippen molar-refractivity contribution in [3.8, 4) is 0 Å². The zero-order valence-electron chi connectivity index (χ0n) is 13.6. The summed E-state index contributed by atoms with van der Waals surface area (Å²) in [5.74, 6) is 0.987. The minimum atomic E-state index is 0.815. The third-order valence-corrected chi connectivity index (χ3v) is 4.54. The molecule has 5 aromatic rings. The van der Waals surface area contributed by atoms with E-state index in [1.807, 2.05) is 30.5 Å². The average molecular weight is 324 g/mol. The van der Waals surface area contributed by atoms with Gasteiger partial charge in [-0.15, -0.1) is 0 Å². The largest absolute Gasteiger partial charge is 0.342 e. The number of benzene rings is 3. The van der Waals surface area contributed by atoms with Crippen LogP contribution in [0.25, 0.3) is 32.8 Å². The Morgan fingerprint density at radius 3 is 2.56 bits per heavy atom. The zero-order chi connectivity index (χ0) is 16.6. The summed E-state index contributed by atoms with van der Waals surface area (Å²) in [4.78, 5) is 17.4. The van der Waals surface area contributed by atoms with E-state index < -0.39 is 0 Å². The number of aromatic amines is 1. The Hall–Kier alpha value is -3.27. The molecule has 0 spiro atoms. The van der Waals surface area contributed by atoms with Crippen LogP contribution in [-0.4, -0.2) is 19.9 Å². The maximum atomic E-state index is 4.81. The summed E-state index contributed by atoms with van der Waals surface area (Å²) < 4.78 is 0. The number of hydrogen-bond donors (Lipinski definition) is 1. The first kappa shape index (κ1) is 14.1. The van der Waals surface area contributed by atoms with Gasteiger partial charge in [-0.25, -0.2) is 9.97 Å². The number of hydrogen-bond acceptors (Lipinski definition) is 3. The second-order valence-electron chi connectivity index (χ2n) is 6.22. The van der Waals surface area contributed by atoms with E-state index in [1.54, 1.807) is 0 Å². The molecular formula is C21H16N4. The summed E-state index contributed by atoms with van der Waals surface area (Å²) in [7, 11) is 0. The third kappa shape index (κ3) is 2.52. The van der Waals surface area contributed by atoms with Crippen molar-refractivity contribution in [1.29, 1.82) is 0 Å². The second kappa shape index (κ2) is 5.67. The highest BCUT2D eigenvalue weighted by molar-refractivity contribution is 6.04. The summed E-state index contributed by atoms with van der Waals surface area (Å²) in [6.45, 7) is 0. The quantitative estimate of drug-likeness (QED) is 0.533. The lowest BCUT2D eigenvalue weighted by Gasteiger charge is -2.01. The summed E-state index contributed by atoms with van der Waals surface area (Å²) in [6, 6.07) is 20.5. The molecule has 0 saturated carbocycles. The predicted octanol–water partition coefficient (Wildman–Crippen LogP) is 4.44. The van der Waals surface area contributed by atoms with Gasteiger partial charge in [0.15, 0.2) is 0 Å². The van der Waals surface area contributed by atoms with Crippen molar-refractivity contribution in [2.24, 2.45) is 0 Å². The molecule has 0 aliphatic rings. The number of rotatable bonds is 3. The minimum absolute atomic E-state index is 0.815. The van der Waals surface area contributed by atoms with Gasteiger partial charge in [0.2, 0.25) is 0 Å². The van der Waals surface area contributed by atoms with Gasteiger partial charge in [-0.3, -0.25) is 4.98 Å². The first-order valence-electron chi connectivity index (χ1n) is 8.44. The van der Waals surface area contributed by atoms with E-state index >= 15 is 0 Å². The molecule has 120 valence electrons. The van der Waals surface area contributed by atoms with Crippen LogP contribution in [0.15, 0.2) is 66.9 Å². The van der Waals surface area contributed by atoms with Crippen LogP contribution in [0.3, 0.4) is 0 Å². The van der Waals surface area contributed by atoms with Crippen LogP contribution in [-0.2, 0) is 12.8 Å². The molecule has 2 aromatic heterocycles. The molecule has 0 saturated heterocycles. The Kier molecular flexibility index (Phi) is 3.20. The number of aryl methyl sites for hydroxylation is 2. The van der Waals surface area contributed by atoms with Crippen molar-refractivity contribution in [3.05, 3.63) is 78.4 Å². The van der Waals surface area contributed by atoms with E-state index in [-0.39, 0.29) is 0 Å². The molecule has 0 aliphatic carbocycles. The molecule has 4 heteroatoms. The zero-order valence-corrected chi connectivity index (χ0v) is 13.6. The van der Waals surface area contributed by atoms with Crippen LogP contribution in [0.5, 0.6) is 0 Å². The molecule has 2 heterocycles. The van der Waals surface area contributed by atoms with Crippen LogP contribution < -0.4 is 0 Å². The van der Waals surface area contributed by atoms with Gasteiger partial charge in [0.1, 0.15) is 5.82 Å². The van der Waals surface area contributed by atoms with Crippen molar-refractivity contribution >= 4 is 32.8 Å². The van der Waals surface area contributed by atoms with Crippen molar-refractivity contribution in [2.45, 2.75) is 12.8 Å². The average Bonchev–Trinajstić information content (AvgIpc) is 3.10. The Balaban J connectivity index is 1.46. The Morgan fingerprint density at radius 2 is 1.60 bits per heavy atom. The molecule has 0 aliphatic heterocycles. The van der Waals surface area contributed by atoms with Crippen molar-refractivity contribution in [1.82, 2.24) is 19.9 Å². The predicted molar refractivity (Wildman–Crippen MR) is 101 cm³/mol. The monoisotopic (exact) mass is 324 g/mol. The number of H-pyrrole nitrogens is 1. The Labute approximate surface area is 144 Å². The third-order valence-electron chi connectivity index (χ3n) is 4.54. The smallest absolute Gasteiger partial charge is 0.107 e. The first-order valence-corrected chi connectivity index (χ1v) is 8.44. The molecule has 3 aromatic carbocycles. The highest BCUT2D eigenvalue weighted by Gasteiger charge is 2.07. The summed E-state index contributed by atoms with van der Waals surface area (Å²) >= 11 is 0. The molecule has 0 bridgehead atoms. The van der Waals surface area contributed by atoms with Gasteiger partial charge in [-0.1, -0.05) is 42.5 Å². The lowest BCUT2D eigenvalue weighted by molar-refractivity contribution is 0.860. The number of nitrogens with one attached hydrogen (secondary N) is 1. The van der Waals surface area contributed by atoms with E-state index in [0.29, 0.717) is 0 Å².